The Labute approximate surface area is 710 Å². The first kappa shape index (κ1) is 81.4. The first-order chi connectivity index (χ1) is 58.9. The summed E-state index contributed by atoms with van der Waals surface area (Å²) >= 11 is 24.0. The summed E-state index contributed by atoms with van der Waals surface area (Å²) in [6.07, 6.45) is 20.8. The lowest BCUT2D eigenvalue weighted by atomic mass is 9.97. The molecule has 20 aromatic rings. The van der Waals surface area contributed by atoms with Gasteiger partial charge in [0.1, 0.15) is 54.9 Å². The average Bonchev–Trinajstić information content (AvgIpc) is 1.69. The van der Waals surface area contributed by atoms with Crippen molar-refractivity contribution in [1.29, 1.82) is 0 Å². The van der Waals surface area contributed by atoms with Crippen LogP contribution in [0.25, 0.3) is 140 Å². The molecule has 0 fully saturated rings. The highest BCUT2D eigenvalue weighted by Gasteiger charge is 2.31. The average molecular weight is 1710 g/mol. The van der Waals surface area contributed by atoms with Crippen molar-refractivity contribution in [2.24, 2.45) is 0 Å². The van der Waals surface area contributed by atoms with Gasteiger partial charge >= 0.3 is 6.18 Å². The van der Waals surface area contributed by atoms with Crippen molar-refractivity contribution >= 4 is 74.6 Å². The van der Waals surface area contributed by atoms with Crippen molar-refractivity contribution in [3.63, 3.8) is 0 Å². The van der Waals surface area contributed by atoms with Gasteiger partial charge in [-0.3, -0.25) is 24.9 Å². The second-order valence-corrected chi connectivity index (χ2v) is 29.7. The Balaban J connectivity index is 0.000000113. The maximum absolute atomic E-state index is 14.4. The van der Waals surface area contributed by atoms with Crippen molar-refractivity contribution in [2.45, 2.75) is 40.8 Å². The lowest BCUT2D eigenvalue weighted by Gasteiger charge is -2.13. The molecule has 0 N–H and O–H groups in total. The summed E-state index contributed by atoms with van der Waals surface area (Å²) in [5.41, 5.74) is 22.3. The molecule has 0 saturated heterocycles. The topological polar surface area (TPSA) is 215 Å². The van der Waals surface area contributed by atoms with Gasteiger partial charge in [-0.1, -0.05) is 70.7 Å². The number of hydrogen-bond acceptors (Lipinski definition) is 15. The molecule has 0 aliphatic carbocycles. The minimum atomic E-state index is -4.40. The van der Waals surface area contributed by atoms with Crippen LogP contribution in [0.4, 0.5) is 30.7 Å². The van der Waals surface area contributed by atoms with E-state index < -0.39 is 29.2 Å². The number of fused-ring (bicyclic) bond motifs is 5. The fourth-order valence-electron chi connectivity index (χ4n) is 13.5. The van der Waals surface area contributed by atoms with E-state index in [2.05, 4.69) is 81.4 Å². The predicted molar refractivity (Wildman–Crippen MR) is 457 cm³/mol. The van der Waals surface area contributed by atoms with Crippen LogP contribution in [0.2, 0.25) is 20.1 Å². The van der Waals surface area contributed by atoms with Gasteiger partial charge in [0.05, 0.1) is 44.1 Å². The summed E-state index contributed by atoms with van der Waals surface area (Å²) in [4.78, 5) is 43.4. The number of hydrogen-bond donors (Lipinski definition) is 0. The molecule has 0 radical (unpaired) electrons. The van der Waals surface area contributed by atoms with E-state index >= 15 is 0 Å². The Bertz CT molecular complexity index is 7330. The molecule has 20 nitrogen and oxygen atoms in total. The van der Waals surface area contributed by atoms with E-state index in [-0.39, 0.29) is 21.4 Å². The summed E-state index contributed by atoms with van der Waals surface area (Å²) in [7, 11) is 0. The van der Waals surface area contributed by atoms with Gasteiger partial charge in [0.2, 0.25) is 0 Å². The van der Waals surface area contributed by atoms with E-state index in [0.29, 0.717) is 60.8 Å². The highest BCUT2D eigenvalue weighted by atomic mass is 35.5. The van der Waals surface area contributed by atoms with Crippen molar-refractivity contribution in [3.05, 3.63) is 358 Å². The zero-order chi connectivity index (χ0) is 85.0. The Morgan fingerprint density at radius 1 is 0.254 bits per heavy atom. The molecule has 0 aliphatic heterocycles. The van der Waals surface area contributed by atoms with Gasteiger partial charge in [-0.2, -0.15) is 38.7 Å². The first-order valence-corrected chi connectivity index (χ1v) is 38.7. The molecule has 15 aromatic heterocycles. The molecule has 0 bridgehead atoms. The predicted octanol–water partition coefficient (Wildman–Crippen LogP) is 23.0. The van der Waals surface area contributed by atoms with Gasteiger partial charge in [-0.25, -0.2) is 65.1 Å². The van der Waals surface area contributed by atoms with Crippen molar-refractivity contribution < 1.29 is 30.7 Å². The zero-order valence-electron chi connectivity index (χ0n) is 64.7. The van der Waals surface area contributed by atoms with Crippen LogP contribution in [-0.2, 0) is 6.18 Å². The van der Waals surface area contributed by atoms with Crippen LogP contribution < -0.4 is 0 Å². The Morgan fingerprint density at radius 2 is 0.574 bits per heavy atom. The minimum Gasteiger partial charge on any atom is -0.255 e. The molecule has 0 spiro atoms. The van der Waals surface area contributed by atoms with Crippen LogP contribution in [0.15, 0.2) is 282 Å². The summed E-state index contributed by atoms with van der Waals surface area (Å²) in [5.74, 6) is -2.33. The van der Waals surface area contributed by atoms with Gasteiger partial charge in [0.15, 0.2) is 28.2 Å². The van der Waals surface area contributed by atoms with Crippen LogP contribution in [0.3, 0.4) is 0 Å². The van der Waals surface area contributed by atoms with Crippen LogP contribution in [0.1, 0.15) is 33.4 Å². The molecule has 0 aliphatic rings. The van der Waals surface area contributed by atoms with Crippen LogP contribution in [-0.4, -0.2) is 97.9 Å². The maximum Gasteiger partial charge on any atom is 0.416 e. The van der Waals surface area contributed by atoms with Crippen LogP contribution in [0.5, 0.6) is 0 Å². The fourth-order valence-corrected chi connectivity index (χ4v) is 14.2. The quantitative estimate of drug-likeness (QED) is 0.0919. The van der Waals surface area contributed by atoms with Crippen molar-refractivity contribution in [3.8, 4) is 112 Å². The molecule has 31 heteroatoms. The van der Waals surface area contributed by atoms with Gasteiger partial charge in [-0.15, -0.1) is 0 Å². The van der Waals surface area contributed by atoms with E-state index in [1.54, 1.807) is 90.4 Å². The zero-order valence-corrected chi connectivity index (χ0v) is 67.7. The largest absolute Gasteiger partial charge is 0.416 e. The SMILES string of the molecule is Cc1cnc(-c2cc(Cl)c(F)cc2F)c(-c2ccn3ncnc3c2)c1.Cc1cnc(-c2cc(Cl)ccc2F)c(-c2ccn3ncnc3c2)c1.Cc1cnc(-c2ccc(F)c(Cl)c2)c(-c2ccn3ncnc3c2)c1.Cc1cnc(-c2cccc(C(F)(F)F)c2)c(-c2ccn3ncnc3c2)c1.Cc1cnc(-c2cccc(Cl)c2)c(-c2ccn3ncnc3c2)c1. The molecule has 602 valence electrons. The molecule has 122 heavy (non-hydrogen) atoms. The lowest BCUT2D eigenvalue weighted by molar-refractivity contribution is -0.137. The molecule has 20 rings (SSSR count). The minimum absolute atomic E-state index is 0.0775. The van der Waals surface area contributed by atoms with E-state index in [1.807, 2.05) is 169 Å². The van der Waals surface area contributed by atoms with Crippen LogP contribution >= 0.6 is 46.4 Å². The summed E-state index contributed by atoms with van der Waals surface area (Å²) < 4.78 is 103. The number of pyridine rings is 10. The standard InChI is InChI=1S/C19H13F3N4.C18H11ClF2N4.2C18H12ClFN4.C18H13ClN4/c1-12-7-16(13-5-6-26-17(9-13)24-11-25-26)18(23-10-12)14-3-2-4-15(8-14)19(20,21)22;1-10-4-12(11-2-3-25-17(5-11)23-9-24-25)18(22-8-10)13-6-14(19)16(21)7-15(13)20;1-11-6-14(12-4-5-24-17(8-12)22-10-23-24)18(21-9-11)13-2-3-16(20)15(19)7-13;1-11-6-14(12-4-5-24-17(7-12)22-10-23-24)18(21-9-11)15-8-13(19)2-3-16(15)20;1-12-7-16(13-5-6-23-17(9-13)21-11-22-23)18(20-10-12)14-3-2-4-15(19)8-14/h2-11H,1H3;2-9H,1H3;2*2-10H,1H3;2-11H,1H3. The van der Waals surface area contributed by atoms with E-state index in [1.165, 1.54) is 55.6 Å². The summed E-state index contributed by atoms with van der Waals surface area (Å²) in [6.45, 7) is 9.75. The van der Waals surface area contributed by atoms with Gasteiger partial charge < -0.3 is 0 Å². The van der Waals surface area contributed by atoms with E-state index in [0.717, 1.165) is 130 Å². The Kier molecular flexibility index (Phi) is 23.3. The maximum atomic E-state index is 14.4. The van der Waals surface area contributed by atoms with Crippen molar-refractivity contribution in [2.75, 3.05) is 0 Å². The normalized spacial score (nSPS) is 11.3. The first-order valence-electron chi connectivity index (χ1n) is 37.2. The van der Waals surface area contributed by atoms with Gasteiger partial charge in [0, 0.05) is 134 Å². The third-order valence-corrected chi connectivity index (χ3v) is 20.3. The van der Waals surface area contributed by atoms with Gasteiger partial charge in [-0.05, 0) is 248 Å². The second kappa shape index (κ2) is 34.9. The number of rotatable bonds is 10. The highest BCUT2D eigenvalue weighted by Crippen LogP contribution is 2.41. The Morgan fingerprint density at radius 3 is 0.943 bits per heavy atom. The summed E-state index contributed by atoms with van der Waals surface area (Å²) in [5, 5.41) is 21.5. The number of benzene rings is 5. The molecular weight excluding hydrogens is 1650 g/mol. The molecule has 0 unspecified atom stereocenters. The molecule has 0 saturated carbocycles. The summed E-state index contributed by atoms with van der Waals surface area (Å²) in [6, 6.07) is 53.1. The van der Waals surface area contributed by atoms with E-state index in [4.69, 9.17) is 46.4 Å². The van der Waals surface area contributed by atoms with Gasteiger partial charge in [0.25, 0.3) is 0 Å². The van der Waals surface area contributed by atoms with Crippen molar-refractivity contribution in [1.82, 2.24) is 97.9 Å². The molecule has 15 heterocycles. The fraction of sp³-hybridized carbons (Fsp3) is 0.0659. The highest BCUT2D eigenvalue weighted by molar-refractivity contribution is 6.32. The number of aromatic nitrogens is 20. The number of halogens is 11. The number of aryl methyl sites for hydroxylation is 5. The number of alkyl halides is 3. The molecule has 0 atom stereocenters. The molecular formula is C91H61Cl4F7N20. The second-order valence-electron chi connectivity index (χ2n) is 28.0. The monoisotopic (exact) mass is 1710 g/mol. The van der Waals surface area contributed by atoms with E-state index in [9.17, 15) is 30.7 Å². The third kappa shape index (κ3) is 18.0. The smallest absolute Gasteiger partial charge is 0.255 e. The third-order valence-electron chi connectivity index (χ3n) is 19.3. The van der Waals surface area contributed by atoms with Crippen LogP contribution in [0, 0.1) is 57.9 Å². The molecule has 5 aromatic carbocycles. The Hall–Kier alpha value is -14.4. The molecule has 0 amide bonds. The lowest BCUT2D eigenvalue weighted by Crippen LogP contribution is -2.04. The number of nitrogens with zero attached hydrogens (tertiary/aromatic N) is 20.